The Morgan fingerprint density at radius 2 is 1.53 bits per heavy atom. The zero-order valence-corrected chi connectivity index (χ0v) is 10.2. The molecule has 8 heteroatoms. The number of imide groups is 2. The lowest BCUT2D eigenvalue weighted by molar-refractivity contribution is -0.202. The molecule has 0 aromatic carbocycles. The number of rotatable bonds is 3. The van der Waals surface area contributed by atoms with Crippen LogP contribution in [-0.2, 0) is 24.0 Å². The third-order valence-electron chi connectivity index (χ3n) is 2.72. The monoisotopic (exact) mass is 265 g/mol. The van der Waals surface area contributed by atoms with E-state index in [1.165, 1.54) is 6.92 Å². The first-order valence-electron chi connectivity index (χ1n) is 5.72. The highest BCUT2D eigenvalue weighted by atomic mass is 16.3. The van der Waals surface area contributed by atoms with Crippen LogP contribution in [0.1, 0.15) is 26.2 Å². The van der Waals surface area contributed by atoms with E-state index < -0.39 is 29.5 Å². The number of nitrogens with zero attached hydrogens (tertiary/aromatic N) is 3. The van der Waals surface area contributed by atoms with Crippen LogP contribution in [0.25, 0.3) is 0 Å². The second-order valence-electron chi connectivity index (χ2n) is 3.96. The average Bonchev–Trinajstić information content (AvgIpc) is 2.87. The number of amides is 5. The molecule has 1 saturated heterocycles. The maximum absolute atomic E-state index is 11.9. The number of carbonyl (C=O) groups is 5. The summed E-state index contributed by atoms with van der Waals surface area (Å²) >= 11 is 0. The van der Waals surface area contributed by atoms with E-state index in [1.807, 2.05) is 0 Å². The Bertz CT molecular complexity index is 488. The Morgan fingerprint density at radius 1 is 1.05 bits per heavy atom. The lowest BCUT2D eigenvalue weighted by Gasteiger charge is -2.34. The number of hydrogen-bond donors (Lipinski definition) is 0. The third-order valence-corrected chi connectivity index (χ3v) is 2.72. The van der Waals surface area contributed by atoms with Crippen molar-refractivity contribution in [2.24, 2.45) is 0 Å². The molecule has 0 unspecified atom stereocenters. The fourth-order valence-corrected chi connectivity index (χ4v) is 1.81. The maximum atomic E-state index is 11.9. The van der Waals surface area contributed by atoms with Crippen LogP contribution in [0.5, 0.6) is 0 Å². The molecule has 2 aliphatic rings. The van der Waals surface area contributed by atoms with Crippen LogP contribution in [-0.4, -0.2) is 44.7 Å². The van der Waals surface area contributed by atoms with Gasteiger partial charge >= 0.3 is 0 Å². The van der Waals surface area contributed by atoms with Gasteiger partial charge in [0.1, 0.15) is 0 Å². The van der Waals surface area contributed by atoms with Crippen molar-refractivity contribution in [2.75, 3.05) is 0 Å². The van der Waals surface area contributed by atoms with E-state index in [-0.39, 0.29) is 19.3 Å². The van der Waals surface area contributed by atoms with Crippen molar-refractivity contribution in [3.63, 3.8) is 0 Å². The summed E-state index contributed by atoms with van der Waals surface area (Å²) in [6.07, 6.45) is 1.80. The Morgan fingerprint density at radius 3 is 1.95 bits per heavy atom. The summed E-state index contributed by atoms with van der Waals surface area (Å²) < 4.78 is 0. The molecule has 0 radical (unpaired) electrons. The molecule has 0 spiro atoms. The van der Waals surface area contributed by atoms with Gasteiger partial charge in [-0.3, -0.25) is 24.0 Å². The molecule has 2 rings (SSSR count). The van der Waals surface area contributed by atoms with Gasteiger partial charge in [0, 0.05) is 31.4 Å². The molecular weight excluding hydrogens is 254 g/mol. The Hall–Kier alpha value is -2.51. The molecular formula is C11H11N3O5. The minimum Gasteiger partial charge on any atom is -0.272 e. The van der Waals surface area contributed by atoms with Crippen LogP contribution >= 0.6 is 0 Å². The van der Waals surface area contributed by atoms with Gasteiger partial charge in [-0.25, -0.2) is 0 Å². The quantitative estimate of drug-likeness (QED) is 0.618. The molecule has 2 aliphatic heterocycles. The second-order valence-corrected chi connectivity index (χ2v) is 3.96. The average molecular weight is 265 g/mol. The lowest BCUT2D eigenvalue weighted by Crippen LogP contribution is -2.59. The first kappa shape index (κ1) is 12.9. The normalized spacial score (nSPS) is 18.8. The predicted octanol–water partition coefficient (Wildman–Crippen LogP) is -0.871. The van der Waals surface area contributed by atoms with Gasteiger partial charge in [0.2, 0.25) is 0 Å². The molecule has 19 heavy (non-hydrogen) atoms. The van der Waals surface area contributed by atoms with Crippen molar-refractivity contribution in [1.29, 1.82) is 0 Å². The summed E-state index contributed by atoms with van der Waals surface area (Å²) in [4.78, 5) is 58.4. The van der Waals surface area contributed by atoms with Gasteiger partial charge in [0.25, 0.3) is 29.5 Å². The fourth-order valence-electron chi connectivity index (χ4n) is 1.81. The highest BCUT2D eigenvalue weighted by Gasteiger charge is 2.43. The zero-order valence-electron chi connectivity index (χ0n) is 10.2. The first-order valence-corrected chi connectivity index (χ1v) is 5.72. The van der Waals surface area contributed by atoms with Crippen LogP contribution in [0.15, 0.2) is 12.2 Å². The summed E-state index contributed by atoms with van der Waals surface area (Å²) in [7, 11) is 0. The third kappa shape index (κ3) is 2.01. The molecule has 2 heterocycles. The van der Waals surface area contributed by atoms with Gasteiger partial charge in [-0.15, -0.1) is 5.12 Å². The fraction of sp³-hybridized carbons (Fsp3) is 0.364. The van der Waals surface area contributed by atoms with Crippen LogP contribution in [0, 0.1) is 0 Å². The molecule has 5 amide bonds. The summed E-state index contributed by atoms with van der Waals surface area (Å²) in [6.45, 7) is 1.50. The summed E-state index contributed by atoms with van der Waals surface area (Å²) in [6, 6.07) is 0. The summed E-state index contributed by atoms with van der Waals surface area (Å²) in [5, 5.41) is 1.60. The summed E-state index contributed by atoms with van der Waals surface area (Å²) in [5.74, 6) is -3.44. The van der Waals surface area contributed by atoms with Gasteiger partial charge in [-0.2, -0.15) is 10.0 Å². The largest absolute Gasteiger partial charge is 0.274 e. The molecule has 0 bridgehead atoms. The molecule has 0 N–H and O–H groups in total. The van der Waals surface area contributed by atoms with Gasteiger partial charge < -0.3 is 0 Å². The zero-order chi connectivity index (χ0) is 14.2. The number of hydrogen-bond acceptors (Lipinski definition) is 5. The van der Waals surface area contributed by atoms with E-state index in [1.54, 1.807) is 0 Å². The predicted molar refractivity (Wildman–Crippen MR) is 59.2 cm³/mol. The topological polar surface area (TPSA) is 95.1 Å². The highest BCUT2D eigenvalue weighted by Crippen LogP contribution is 2.20. The maximum Gasteiger partial charge on any atom is 0.274 e. The van der Waals surface area contributed by atoms with Crippen molar-refractivity contribution in [2.45, 2.75) is 26.2 Å². The lowest BCUT2D eigenvalue weighted by atomic mass is 10.4. The van der Waals surface area contributed by atoms with E-state index in [9.17, 15) is 24.0 Å². The van der Waals surface area contributed by atoms with E-state index in [2.05, 4.69) is 0 Å². The van der Waals surface area contributed by atoms with Gasteiger partial charge in [-0.1, -0.05) is 6.92 Å². The molecule has 100 valence electrons. The van der Waals surface area contributed by atoms with E-state index in [4.69, 9.17) is 0 Å². The van der Waals surface area contributed by atoms with Gasteiger partial charge in [0.05, 0.1) is 0 Å². The molecule has 8 nitrogen and oxygen atoms in total. The van der Waals surface area contributed by atoms with Gasteiger partial charge in [-0.05, 0) is 0 Å². The molecule has 0 aliphatic carbocycles. The van der Waals surface area contributed by atoms with E-state index >= 15 is 0 Å². The number of hydrazine groups is 2. The van der Waals surface area contributed by atoms with Crippen LogP contribution < -0.4 is 0 Å². The smallest absolute Gasteiger partial charge is 0.272 e. The molecule has 1 fully saturated rings. The number of carbonyl (C=O) groups excluding carboxylic acids is 5. The molecule has 0 saturated carbocycles. The van der Waals surface area contributed by atoms with Crippen LogP contribution in [0.3, 0.4) is 0 Å². The Balaban J connectivity index is 2.39. The van der Waals surface area contributed by atoms with Crippen molar-refractivity contribution >= 4 is 29.5 Å². The first-order chi connectivity index (χ1) is 8.97. The minimum atomic E-state index is -0.765. The molecule has 0 atom stereocenters. The van der Waals surface area contributed by atoms with E-state index in [0.29, 0.717) is 15.1 Å². The molecule has 0 aromatic rings. The van der Waals surface area contributed by atoms with Crippen LogP contribution in [0.4, 0.5) is 0 Å². The van der Waals surface area contributed by atoms with Crippen molar-refractivity contribution in [3.8, 4) is 0 Å². The Kier molecular flexibility index (Phi) is 3.16. The second kappa shape index (κ2) is 4.63. The van der Waals surface area contributed by atoms with Crippen molar-refractivity contribution < 1.29 is 24.0 Å². The Labute approximate surface area is 108 Å². The van der Waals surface area contributed by atoms with Gasteiger partial charge in [0.15, 0.2) is 0 Å². The SMILES string of the molecule is CCC(=O)N(N1C(=O)C=CC1=O)N1C(=O)CCC1=O. The summed E-state index contributed by atoms with van der Waals surface area (Å²) in [5.41, 5.74) is 0. The minimum absolute atomic E-state index is 0.0457. The highest BCUT2D eigenvalue weighted by molar-refractivity contribution is 6.14. The standard InChI is InChI=1S/C11H11N3O5/c1-2-7(15)14(12-8(16)3-4-9(12)17)13-10(18)5-6-11(13)19/h3-4H,2,5-6H2,1H3. The van der Waals surface area contributed by atoms with Crippen molar-refractivity contribution in [3.05, 3.63) is 12.2 Å². The van der Waals surface area contributed by atoms with Crippen molar-refractivity contribution in [1.82, 2.24) is 15.1 Å². The molecule has 0 aromatic heterocycles. The van der Waals surface area contributed by atoms with Crippen LogP contribution in [0.2, 0.25) is 0 Å². The van der Waals surface area contributed by atoms with E-state index in [0.717, 1.165) is 12.2 Å².